The molecule has 1 aromatic rings. The highest BCUT2D eigenvalue weighted by Gasteiger charge is 2.20. The SMILES string of the molecule is C/C(=N\NC(=O)C1CCCCC1)c1ccc(Cl)c(Cl)c1. The number of nitrogens with zero attached hydrogens (tertiary/aromatic N) is 1. The summed E-state index contributed by atoms with van der Waals surface area (Å²) in [5, 5.41) is 5.15. The Hall–Kier alpha value is -1.06. The smallest absolute Gasteiger partial charge is 0.243 e. The molecule has 1 saturated carbocycles. The average molecular weight is 313 g/mol. The summed E-state index contributed by atoms with van der Waals surface area (Å²) in [6, 6.07) is 5.30. The van der Waals surface area contributed by atoms with Gasteiger partial charge in [0.2, 0.25) is 5.91 Å². The Kier molecular flexibility index (Phi) is 5.44. The lowest BCUT2D eigenvalue weighted by Gasteiger charge is -2.19. The lowest BCUT2D eigenvalue weighted by atomic mass is 9.89. The van der Waals surface area contributed by atoms with E-state index in [0.29, 0.717) is 15.8 Å². The normalized spacial score (nSPS) is 17.1. The Labute approximate surface area is 129 Å². The van der Waals surface area contributed by atoms with Crippen LogP contribution in [-0.2, 0) is 4.79 Å². The number of hydrazone groups is 1. The Balaban J connectivity index is 1.99. The van der Waals surface area contributed by atoms with E-state index in [2.05, 4.69) is 10.5 Å². The van der Waals surface area contributed by atoms with E-state index in [4.69, 9.17) is 23.2 Å². The molecule has 108 valence electrons. The molecule has 0 unspecified atom stereocenters. The topological polar surface area (TPSA) is 41.5 Å². The maximum absolute atomic E-state index is 12.0. The van der Waals surface area contributed by atoms with Gasteiger partial charge < -0.3 is 0 Å². The molecule has 0 aliphatic heterocycles. The molecule has 1 aliphatic rings. The van der Waals surface area contributed by atoms with Gasteiger partial charge in [-0.2, -0.15) is 5.10 Å². The first-order valence-electron chi connectivity index (χ1n) is 6.87. The summed E-state index contributed by atoms with van der Waals surface area (Å²) in [6.07, 6.45) is 5.43. The minimum Gasteiger partial charge on any atom is -0.273 e. The largest absolute Gasteiger partial charge is 0.273 e. The molecule has 1 aliphatic carbocycles. The van der Waals surface area contributed by atoms with Gasteiger partial charge in [-0.1, -0.05) is 48.5 Å². The third-order valence-electron chi connectivity index (χ3n) is 3.65. The molecule has 0 saturated heterocycles. The van der Waals surface area contributed by atoms with Gasteiger partial charge in [0.25, 0.3) is 0 Å². The molecule has 5 heteroatoms. The maximum atomic E-state index is 12.0. The third-order valence-corrected chi connectivity index (χ3v) is 4.39. The number of carbonyl (C=O) groups is 1. The summed E-state index contributed by atoms with van der Waals surface area (Å²) in [5.41, 5.74) is 4.22. The number of hydrogen-bond acceptors (Lipinski definition) is 2. The van der Waals surface area contributed by atoms with Crippen LogP contribution in [0.25, 0.3) is 0 Å². The van der Waals surface area contributed by atoms with Crippen LogP contribution in [0.1, 0.15) is 44.6 Å². The van der Waals surface area contributed by atoms with E-state index in [1.807, 2.05) is 13.0 Å². The van der Waals surface area contributed by atoms with Crippen molar-refractivity contribution in [2.45, 2.75) is 39.0 Å². The summed E-state index contributed by atoms with van der Waals surface area (Å²) in [6.45, 7) is 1.83. The molecule has 0 atom stereocenters. The van der Waals surface area contributed by atoms with Crippen molar-refractivity contribution in [1.82, 2.24) is 5.43 Å². The number of amides is 1. The first-order valence-corrected chi connectivity index (χ1v) is 7.63. The zero-order chi connectivity index (χ0) is 14.5. The fourth-order valence-corrected chi connectivity index (χ4v) is 2.68. The fraction of sp³-hybridized carbons (Fsp3) is 0.467. The van der Waals surface area contributed by atoms with Crippen molar-refractivity contribution in [2.75, 3.05) is 0 Å². The predicted molar refractivity (Wildman–Crippen MR) is 83.4 cm³/mol. The van der Waals surface area contributed by atoms with Crippen LogP contribution in [0.5, 0.6) is 0 Å². The zero-order valence-electron chi connectivity index (χ0n) is 11.5. The highest BCUT2D eigenvalue weighted by molar-refractivity contribution is 6.42. The minimum atomic E-state index is 0.0177. The molecule has 0 radical (unpaired) electrons. The lowest BCUT2D eigenvalue weighted by molar-refractivity contribution is -0.125. The van der Waals surface area contributed by atoms with Gasteiger partial charge in [-0.05, 0) is 37.5 Å². The van der Waals surface area contributed by atoms with Gasteiger partial charge in [0, 0.05) is 5.92 Å². The van der Waals surface area contributed by atoms with Crippen LogP contribution in [0.15, 0.2) is 23.3 Å². The Morgan fingerprint density at radius 1 is 1.20 bits per heavy atom. The van der Waals surface area contributed by atoms with Crippen LogP contribution < -0.4 is 5.43 Å². The fourth-order valence-electron chi connectivity index (χ4n) is 2.38. The van der Waals surface area contributed by atoms with Gasteiger partial charge in [-0.3, -0.25) is 4.79 Å². The minimum absolute atomic E-state index is 0.0177. The lowest BCUT2D eigenvalue weighted by Crippen LogP contribution is -2.29. The Bertz CT molecular complexity index is 523. The van der Waals surface area contributed by atoms with Crippen molar-refractivity contribution >= 4 is 34.8 Å². The van der Waals surface area contributed by atoms with Crippen molar-refractivity contribution in [3.63, 3.8) is 0 Å². The summed E-state index contributed by atoms with van der Waals surface area (Å²) >= 11 is 11.8. The number of carbonyl (C=O) groups excluding carboxylic acids is 1. The second-order valence-electron chi connectivity index (χ2n) is 5.14. The molecule has 1 fully saturated rings. The highest BCUT2D eigenvalue weighted by atomic mass is 35.5. The van der Waals surface area contributed by atoms with Crippen molar-refractivity contribution in [3.05, 3.63) is 33.8 Å². The first kappa shape index (κ1) is 15.3. The Morgan fingerprint density at radius 2 is 1.90 bits per heavy atom. The number of hydrogen-bond donors (Lipinski definition) is 1. The van der Waals surface area contributed by atoms with Crippen molar-refractivity contribution in [3.8, 4) is 0 Å². The number of benzene rings is 1. The van der Waals surface area contributed by atoms with E-state index in [1.165, 1.54) is 6.42 Å². The summed E-state index contributed by atoms with van der Waals surface area (Å²) < 4.78 is 0. The molecule has 0 spiro atoms. The van der Waals surface area contributed by atoms with Gasteiger partial charge >= 0.3 is 0 Å². The molecule has 3 nitrogen and oxygen atoms in total. The molecule has 1 N–H and O–H groups in total. The van der Waals surface area contributed by atoms with Crippen LogP contribution >= 0.6 is 23.2 Å². The van der Waals surface area contributed by atoms with E-state index in [0.717, 1.165) is 31.2 Å². The summed E-state index contributed by atoms with van der Waals surface area (Å²) in [5.74, 6) is 0.123. The van der Waals surface area contributed by atoms with Gasteiger partial charge in [0.05, 0.1) is 15.8 Å². The van der Waals surface area contributed by atoms with Crippen molar-refractivity contribution in [1.29, 1.82) is 0 Å². The molecule has 20 heavy (non-hydrogen) atoms. The molecule has 0 bridgehead atoms. The van der Waals surface area contributed by atoms with Crippen LogP contribution in [0.3, 0.4) is 0 Å². The van der Waals surface area contributed by atoms with E-state index in [-0.39, 0.29) is 11.8 Å². The van der Waals surface area contributed by atoms with Gasteiger partial charge in [0.1, 0.15) is 0 Å². The standard InChI is InChI=1S/C15H18Cl2N2O/c1-10(12-7-8-13(16)14(17)9-12)18-19-15(20)11-5-3-2-4-6-11/h7-9,11H,2-6H2,1H3,(H,19,20)/b18-10+. The van der Waals surface area contributed by atoms with E-state index < -0.39 is 0 Å². The summed E-state index contributed by atoms with van der Waals surface area (Å²) in [7, 11) is 0. The number of halogens is 2. The van der Waals surface area contributed by atoms with Crippen LogP contribution in [0, 0.1) is 5.92 Å². The van der Waals surface area contributed by atoms with Crippen molar-refractivity contribution in [2.24, 2.45) is 11.0 Å². The molecule has 1 aromatic carbocycles. The van der Waals surface area contributed by atoms with E-state index in [1.54, 1.807) is 12.1 Å². The van der Waals surface area contributed by atoms with Crippen LogP contribution in [0.2, 0.25) is 10.0 Å². The molecule has 0 aromatic heterocycles. The predicted octanol–water partition coefficient (Wildman–Crippen LogP) is 4.41. The van der Waals surface area contributed by atoms with Gasteiger partial charge in [-0.25, -0.2) is 5.43 Å². The monoisotopic (exact) mass is 312 g/mol. The number of rotatable bonds is 3. The molecule has 2 rings (SSSR count). The van der Waals surface area contributed by atoms with Gasteiger partial charge in [-0.15, -0.1) is 0 Å². The molecule has 0 heterocycles. The second-order valence-corrected chi connectivity index (χ2v) is 5.95. The average Bonchev–Trinajstić information content (AvgIpc) is 2.48. The van der Waals surface area contributed by atoms with E-state index in [9.17, 15) is 4.79 Å². The first-order chi connectivity index (χ1) is 9.58. The Morgan fingerprint density at radius 3 is 2.55 bits per heavy atom. The number of nitrogens with one attached hydrogen (secondary N) is 1. The van der Waals surface area contributed by atoms with Crippen molar-refractivity contribution < 1.29 is 4.79 Å². The summed E-state index contributed by atoms with van der Waals surface area (Å²) in [4.78, 5) is 12.0. The second kappa shape index (κ2) is 7.09. The van der Waals surface area contributed by atoms with Crippen LogP contribution in [0.4, 0.5) is 0 Å². The molecular weight excluding hydrogens is 295 g/mol. The van der Waals surface area contributed by atoms with Gasteiger partial charge in [0.15, 0.2) is 0 Å². The van der Waals surface area contributed by atoms with E-state index >= 15 is 0 Å². The highest BCUT2D eigenvalue weighted by Crippen LogP contribution is 2.24. The van der Waals surface area contributed by atoms with Crippen LogP contribution in [-0.4, -0.2) is 11.6 Å². The zero-order valence-corrected chi connectivity index (χ0v) is 13.0. The molecule has 1 amide bonds. The maximum Gasteiger partial charge on any atom is 0.243 e. The molecular formula is C15H18Cl2N2O. The third kappa shape index (κ3) is 3.97. The quantitative estimate of drug-likeness (QED) is 0.651.